The van der Waals surface area contributed by atoms with Crippen LogP contribution in [0.2, 0.25) is 0 Å². The molecule has 1 N–H and O–H groups in total. The minimum atomic E-state index is -0.854. The Labute approximate surface area is 155 Å². The predicted molar refractivity (Wildman–Crippen MR) is 99.5 cm³/mol. The molecule has 7 heteroatoms. The van der Waals surface area contributed by atoms with Gasteiger partial charge in [-0.1, -0.05) is 30.3 Å². The molecule has 3 rings (SSSR count). The van der Waals surface area contributed by atoms with Crippen LogP contribution in [0.4, 0.5) is 20.3 Å². The number of carbonyl (C=O) groups excluding carboxylic acids is 1. The maximum Gasteiger partial charge on any atom is 0.276 e. The van der Waals surface area contributed by atoms with Crippen LogP contribution in [0.1, 0.15) is 23.0 Å². The van der Waals surface area contributed by atoms with Crippen molar-refractivity contribution in [3.63, 3.8) is 0 Å². The van der Waals surface area contributed by atoms with E-state index < -0.39 is 17.5 Å². The van der Waals surface area contributed by atoms with Crippen molar-refractivity contribution < 1.29 is 13.6 Å². The van der Waals surface area contributed by atoms with Crippen LogP contribution in [0.5, 0.6) is 0 Å². The first-order valence-corrected chi connectivity index (χ1v) is 8.46. The Morgan fingerprint density at radius 2 is 1.81 bits per heavy atom. The Bertz CT molecular complexity index is 917. The molecule has 1 heterocycles. The first-order valence-electron chi connectivity index (χ1n) is 8.46. The Morgan fingerprint density at radius 3 is 2.44 bits per heavy atom. The van der Waals surface area contributed by atoms with Gasteiger partial charge in [0.15, 0.2) is 11.5 Å². The number of rotatable bonds is 6. The van der Waals surface area contributed by atoms with Gasteiger partial charge in [-0.15, -0.1) is 10.2 Å². The van der Waals surface area contributed by atoms with Crippen LogP contribution < -0.4 is 10.2 Å². The number of aromatic nitrogens is 2. The van der Waals surface area contributed by atoms with Crippen molar-refractivity contribution in [3.05, 3.63) is 83.6 Å². The number of carbonyl (C=O) groups is 1. The summed E-state index contributed by atoms with van der Waals surface area (Å²) in [5, 5.41) is 10.4. The van der Waals surface area contributed by atoms with E-state index in [0.717, 1.165) is 24.2 Å². The van der Waals surface area contributed by atoms with E-state index in [0.29, 0.717) is 18.4 Å². The summed E-state index contributed by atoms with van der Waals surface area (Å²) >= 11 is 0. The van der Waals surface area contributed by atoms with Gasteiger partial charge in [-0.05, 0) is 36.8 Å². The highest BCUT2D eigenvalue weighted by atomic mass is 19.1. The Morgan fingerprint density at radius 1 is 1.04 bits per heavy atom. The van der Waals surface area contributed by atoms with Crippen LogP contribution in [-0.4, -0.2) is 22.6 Å². The highest BCUT2D eigenvalue weighted by Crippen LogP contribution is 2.17. The molecule has 138 valence electrons. The summed E-state index contributed by atoms with van der Waals surface area (Å²) in [7, 11) is 0. The first kappa shape index (κ1) is 18.4. The third-order valence-corrected chi connectivity index (χ3v) is 3.98. The zero-order valence-corrected chi connectivity index (χ0v) is 14.7. The van der Waals surface area contributed by atoms with E-state index in [4.69, 9.17) is 0 Å². The fourth-order valence-electron chi connectivity index (χ4n) is 2.55. The van der Waals surface area contributed by atoms with Gasteiger partial charge >= 0.3 is 0 Å². The van der Waals surface area contributed by atoms with Crippen molar-refractivity contribution in [2.75, 3.05) is 16.8 Å². The lowest BCUT2D eigenvalue weighted by molar-refractivity contribution is 0.102. The molecule has 2 aromatic carbocycles. The summed E-state index contributed by atoms with van der Waals surface area (Å²) < 4.78 is 26.6. The average Bonchev–Trinajstić information content (AvgIpc) is 2.69. The van der Waals surface area contributed by atoms with E-state index in [1.807, 2.05) is 42.2 Å². The van der Waals surface area contributed by atoms with Crippen LogP contribution >= 0.6 is 0 Å². The molecule has 0 aliphatic heterocycles. The molecule has 0 saturated heterocycles. The van der Waals surface area contributed by atoms with Gasteiger partial charge in [0.2, 0.25) is 0 Å². The highest BCUT2D eigenvalue weighted by molar-refractivity contribution is 6.02. The van der Waals surface area contributed by atoms with Crippen LogP contribution in [0, 0.1) is 11.6 Å². The predicted octanol–water partition coefficient (Wildman–Crippen LogP) is 4.03. The summed E-state index contributed by atoms with van der Waals surface area (Å²) in [4.78, 5) is 14.2. The van der Waals surface area contributed by atoms with Crippen molar-refractivity contribution in [1.29, 1.82) is 0 Å². The fourth-order valence-corrected chi connectivity index (χ4v) is 2.55. The van der Waals surface area contributed by atoms with E-state index in [1.54, 1.807) is 6.07 Å². The number of nitrogens with zero attached hydrogens (tertiary/aromatic N) is 3. The summed E-state index contributed by atoms with van der Waals surface area (Å²) in [6, 6.07) is 16.1. The lowest BCUT2D eigenvalue weighted by Crippen LogP contribution is -2.24. The molecule has 0 radical (unpaired) electrons. The molecule has 0 saturated carbocycles. The summed E-state index contributed by atoms with van der Waals surface area (Å²) in [6.07, 6.45) is 0. The third kappa shape index (κ3) is 4.63. The summed E-state index contributed by atoms with van der Waals surface area (Å²) in [6.45, 7) is 3.39. The summed E-state index contributed by atoms with van der Waals surface area (Å²) in [5.74, 6) is -1.56. The number of halogens is 2. The molecule has 0 spiro atoms. The van der Waals surface area contributed by atoms with Gasteiger partial charge in [0.25, 0.3) is 5.91 Å². The van der Waals surface area contributed by atoms with Crippen molar-refractivity contribution in [2.24, 2.45) is 0 Å². The van der Waals surface area contributed by atoms with Gasteiger partial charge in [-0.2, -0.15) is 0 Å². The van der Waals surface area contributed by atoms with E-state index in [9.17, 15) is 13.6 Å². The van der Waals surface area contributed by atoms with Gasteiger partial charge in [0, 0.05) is 19.2 Å². The number of benzene rings is 2. The van der Waals surface area contributed by atoms with E-state index in [2.05, 4.69) is 15.5 Å². The Balaban J connectivity index is 1.70. The Kier molecular flexibility index (Phi) is 5.71. The topological polar surface area (TPSA) is 58.1 Å². The number of hydrogen-bond donors (Lipinski definition) is 1. The fraction of sp³-hybridized carbons (Fsp3) is 0.150. The van der Waals surface area contributed by atoms with Gasteiger partial charge in [0.05, 0.1) is 5.69 Å². The van der Waals surface area contributed by atoms with E-state index in [1.165, 1.54) is 6.07 Å². The second-order valence-corrected chi connectivity index (χ2v) is 5.85. The molecule has 0 atom stereocenters. The maximum absolute atomic E-state index is 13.7. The second kappa shape index (κ2) is 8.35. The van der Waals surface area contributed by atoms with Gasteiger partial charge in [-0.3, -0.25) is 4.79 Å². The van der Waals surface area contributed by atoms with Crippen LogP contribution in [0.15, 0.2) is 60.7 Å². The molecule has 1 aromatic heterocycles. The molecule has 0 unspecified atom stereocenters. The summed E-state index contributed by atoms with van der Waals surface area (Å²) in [5.41, 5.74) is 1.06. The zero-order chi connectivity index (χ0) is 19.2. The number of amides is 1. The lowest BCUT2D eigenvalue weighted by atomic mass is 10.2. The number of nitrogens with one attached hydrogen (secondary N) is 1. The molecule has 0 aliphatic rings. The molecule has 0 bridgehead atoms. The largest absolute Gasteiger partial charge is 0.351 e. The second-order valence-electron chi connectivity index (χ2n) is 5.85. The minimum Gasteiger partial charge on any atom is -0.351 e. The van der Waals surface area contributed by atoms with Crippen LogP contribution in [-0.2, 0) is 6.54 Å². The lowest BCUT2D eigenvalue weighted by Gasteiger charge is -2.21. The van der Waals surface area contributed by atoms with E-state index in [-0.39, 0.29) is 11.4 Å². The van der Waals surface area contributed by atoms with E-state index >= 15 is 0 Å². The first-order chi connectivity index (χ1) is 13.1. The van der Waals surface area contributed by atoms with Crippen LogP contribution in [0.25, 0.3) is 0 Å². The SMILES string of the molecule is CCN(Cc1ccccc1)c1ccc(C(=O)Nc2ccc(F)cc2F)nn1. The normalized spacial score (nSPS) is 10.5. The van der Waals surface area contributed by atoms with Gasteiger partial charge < -0.3 is 10.2 Å². The molecule has 0 fully saturated rings. The standard InChI is InChI=1S/C20H18F2N4O/c1-2-26(13-14-6-4-3-5-7-14)19-11-10-18(24-25-19)20(27)23-17-9-8-15(21)12-16(17)22/h3-12H,2,13H2,1H3,(H,23,27). The van der Waals surface area contributed by atoms with Crippen molar-refractivity contribution in [2.45, 2.75) is 13.5 Å². The molecule has 5 nitrogen and oxygen atoms in total. The Hall–Kier alpha value is -3.35. The quantitative estimate of drug-likeness (QED) is 0.714. The van der Waals surface area contributed by atoms with Crippen molar-refractivity contribution in [1.82, 2.24) is 10.2 Å². The number of anilines is 2. The zero-order valence-electron chi connectivity index (χ0n) is 14.7. The van der Waals surface area contributed by atoms with Gasteiger partial charge in [0.1, 0.15) is 11.6 Å². The van der Waals surface area contributed by atoms with Crippen molar-refractivity contribution in [3.8, 4) is 0 Å². The van der Waals surface area contributed by atoms with Gasteiger partial charge in [-0.25, -0.2) is 8.78 Å². The molecular formula is C20H18F2N4O. The molecular weight excluding hydrogens is 350 g/mol. The highest BCUT2D eigenvalue weighted by Gasteiger charge is 2.14. The van der Waals surface area contributed by atoms with Crippen LogP contribution in [0.3, 0.4) is 0 Å². The number of hydrogen-bond acceptors (Lipinski definition) is 4. The van der Waals surface area contributed by atoms with Crippen molar-refractivity contribution >= 4 is 17.4 Å². The molecule has 0 aliphatic carbocycles. The average molecular weight is 368 g/mol. The monoisotopic (exact) mass is 368 g/mol. The molecule has 27 heavy (non-hydrogen) atoms. The minimum absolute atomic E-state index is 0.0400. The maximum atomic E-state index is 13.7. The smallest absolute Gasteiger partial charge is 0.276 e. The molecule has 3 aromatic rings. The third-order valence-electron chi connectivity index (χ3n) is 3.98. The molecule has 1 amide bonds.